The zero-order valence-electron chi connectivity index (χ0n) is 12.8. The third kappa shape index (κ3) is 3.41. The second kappa shape index (κ2) is 6.76. The van der Waals surface area contributed by atoms with Gasteiger partial charge in [0.1, 0.15) is 11.9 Å². The van der Waals surface area contributed by atoms with Gasteiger partial charge in [-0.3, -0.25) is 14.6 Å². The minimum absolute atomic E-state index is 0.183. The van der Waals surface area contributed by atoms with Gasteiger partial charge in [0.2, 0.25) is 5.91 Å². The summed E-state index contributed by atoms with van der Waals surface area (Å²) in [4.78, 5) is 29.4. The number of carbonyl (C=O) groups excluding carboxylic acids is 2. The number of aromatic nitrogens is 1. The van der Waals surface area contributed by atoms with E-state index in [1.165, 1.54) is 30.5 Å². The van der Waals surface area contributed by atoms with E-state index in [0.717, 1.165) is 0 Å². The second-order valence-corrected chi connectivity index (χ2v) is 5.45. The summed E-state index contributed by atoms with van der Waals surface area (Å²) >= 11 is 0. The van der Waals surface area contributed by atoms with Crippen molar-refractivity contribution in [1.82, 2.24) is 9.88 Å². The monoisotopic (exact) mass is 329 g/mol. The molecule has 124 valence electrons. The van der Waals surface area contributed by atoms with Crippen LogP contribution in [0.4, 0.5) is 4.39 Å². The van der Waals surface area contributed by atoms with Crippen LogP contribution in [-0.2, 0) is 4.74 Å². The Kier molecular flexibility index (Phi) is 4.52. The number of primary amides is 1. The minimum atomic E-state index is -0.549. The Morgan fingerprint density at radius 2 is 1.88 bits per heavy atom. The first-order valence-electron chi connectivity index (χ1n) is 7.47. The Labute approximate surface area is 138 Å². The van der Waals surface area contributed by atoms with Crippen molar-refractivity contribution in [3.05, 3.63) is 65.2 Å². The first kappa shape index (κ1) is 16.1. The summed E-state index contributed by atoms with van der Waals surface area (Å²) in [7, 11) is 0. The van der Waals surface area contributed by atoms with Crippen molar-refractivity contribution < 1.29 is 18.7 Å². The molecule has 24 heavy (non-hydrogen) atoms. The van der Waals surface area contributed by atoms with Crippen LogP contribution in [0, 0.1) is 5.82 Å². The van der Waals surface area contributed by atoms with E-state index in [1.807, 2.05) is 0 Å². The topological polar surface area (TPSA) is 85.5 Å². The summed E-state index contributed by atoms with van der Waals surface area (Å²) in [6.07, 6.45) is 1.01. The molecule has 2 amide bonds. The summed E-state index contributed by atoms with van der Waals surface area (Å²) in [6.45, 7) is 1.15. The molecule has 7 heteroatoms. The third-order valence-corrected chi connectivity index (χ3v) is 3.85. The standard InChI is InChI=1S/C17H16FN3O3/c18-13-4-1-11(2-5-13)17(23)21-7-8-24-15(10-21)14-6-3-12(9-20-14)16(19)22/h1-6,9,15H,7-8,10H2,(H2,19,22)/t15-/m0/s1. The molecule has 1 saturated heterocycles. The second-order valence-electron chi connectivity index (χ2n) is 5.45. The molecule has 6 nitrogen and oxygen atoms in total. The average molecular weight is 329 g/mol. The van der Waals surface area contributed by atoms with Crippen molar-refractivity contribution >= 4 is 11.8 Å². The van der Waals surface area contributed by atoms with Crippen LogP contribution in [0.3, 0.4) is 0 Å². The maximum Gasteiger partial charge on any atom is 0.254 e. The molecular weight excluding hydrogens is 313 g/mol. The minimum Gasteiger partial charge on any atom is -0.368 e. The van der Waals surface area contributed by atoms with Gasteiger partial charge in [-0.15, -0.1) is 0 Å². The van der Waals surface area contributed by atoms with Crippen molar-refractivity contribution in [3.63, 3.8) is 0 Å². The van der Waals surface area contributed by atoms with Crippen LogP contribution in [0.25, 0.3) is 0 Å². The van der Waals surface area contributed by atoms with Crippen LogP contribution in [0.1, 0.15) is 32.5 Å². The zero-order valence-corrected chi connectivity index (χ0v) is 12.8. The molecule has 1 fully saturated rings. The van der Waals surface area contributed by atoms with Crippen LogP contribution in [-0.4, -0.2) is 41.4 Å². The summed E-state index contributed by atoms with van der Waals surface area (Å²) in [5.74, 6) is -1.12. The van der Waals surface area contributed by atoms with Gasteiger partial charge in [0.05, 0.1) is 24.4 Å². The number of halogens is 1. The summed E-state index contributed by atoms with van der Waals surface area (Å²) in [5, 5.41) is 0. The number of rotatable bonds is 3. The van der Waals surface area contributed by atoms with Gasteiger partial charge in [0.25, 0.3) is 5.91 Å². The number of hydrogen-bond donors (Lipinski definition) is 1. The van der Waals surface area contributed by atoms with Crippen molar-refractivity contribution in [3.8, 4) is 0 Å². The van der Waals surface area contributed by atoms with Crippen LogP contribution in [0.2, 0.25) is 0 Å². The number of nitrogens with two attached hydrogens (primary N) is 1. The average Bonchev–Trinajstić information content (AvgIpc) is 2.62. The lowest BCUT2D eigenvalue weighted by Gasteiger charge is -2.32. The molecule has 1 aliphatic rings. The molecule has 1 atom stereocenters. The largest absolute Gasteiger partial charge is 0.368 e. The van der Waals surface area contributed by atoms with Crippen molar-refractivity contribution in [1.29, 1.82) is 0 Å². The Bertz CT molecular complexity index is 747. The normalized spacial score (nSPS) is 17.5. The van der Waals surface area contributed by atoms with Gasteiger partial charge in [-0.2, -0.15) is 0 Å². The number of pyridine rings is 1. The number of carbonyl (C=O) groups is 2. The molecule has 0 aliphatic carbocycles. The molecule has 0 radical (unpaired) electrons. The molecule has 1 aromatic carbocycles. The van der Waals surface area contributed by atoms with Crippen LogP contribution >= 0.6 is 0 Å². The molecule has 0 saturated carbocycles. The first-order chi connectivity index (χ1) is 11.5. The van der Waals surface area contributed by atoms with E-state index in [1.54, 1.807) is 17.0 Å². The van der Waals surface area contributed by atoms with E-state index >= 15 is 0 Å². The Balaban J connectivity index is 1.72. The number of benzene rings is 1. The van der Waals surface area contributed by atoms with E-state index < -0.39 is 5.91 Å². The number of nitrogens with zero attached hydrogens (tertiary/aromatic N) is 2. The third-order valence-electron chi connectivity index (χ3n) is 3.85. The smallest absolute Gasteiger partial charge is 0.254 e. The Morgan fingerprint density at radius 1 is 1.17 bits per heavy atom. The highest BCUT2D eigenvalue weighted by Crippen LogP contribution is 2.22. The van der Waals surface area contributed by atoms with E-state index in [0.29, 0.717) is 36.5 Å². The Morgan fingerprint density at radius 3 is 2.50 bits per heavy atom. The van der Waals surface area contributed by atoms with Gasteiger partial charge in [-0.25, -0.2) is 4.39 Å². The molecule has 0 bridgehead atoms. The van der Waals surface area contributed by atoms with E-state index in [4.69, 9.17) is 10.5 Å². The SMILES string of the molecule is NC(=O)c1ccc([C@@H]2CN(C(=O)c3ccc(F)cc3)CCO2)nc1. The highest BCUT2D eigenvalue weighted by atomic mass is 19.1. The number of morpholine rings is 1. The number of hydrogen-bond acceptors (Lipinski definition) is 4. The lowest BCUT2D eigenvalue weighted by atomic mass is 10.1. The fourth-order valence-corrected chi connectivity index (χ4v) is 2.53. The van der Waals surface area contributed by atoms with Crippen LogP contribution in [0.15, 0.2) is 42.6 Å². The number of ether oxygens (including phenoxy) is 1. The van der Waals surface area contributed by atoms with E-state index in [9.17, 15) is 14.0 Å². The van der Waals surface area contributed by atoms with Crippen molar-refractivity contribution in [2.45, 2.75) is 6.10 Å². The van der Waals surface area contributed by atoms with Crippen LogP contribution in [0.5, 0.6) is 0 Å². The van der Waals surface area contributed by atoms with Crippen LogP contribution < -0.4 is 5.73 Å². The van der Waals surface area contributed by atoms with Gasteiger partial charge in [0.15, 0.2) is 0 Å². The molecule has 1 aliphatic heterocycles. The highest BCUT2D eigenvalue weighted by molar-refractivity contribution is 5.94. The molecule has 0 spiro atoms. The molecule has 2 heterocycles. The zero-order chi connectivity index (χ0) is 17.1. The van der Waals surface area contributed by atoms with E-state index in [-0.39, 0.29) is 17.8 Å². The summed E-state index contributed by atoms with van der Waals surface area (Å²) in [5.41, 5.74) is 6.55. The molecule has 1 aromatic heterocycles. The van der Waals surface area contributed by atoms with Crippen molar-refractivity contribution in [2.75, 3.05) is 19.7 Å². The number of amides is 2. The van der Waals surface area contributed by atoms with Gasteiger partial charge < -0.3 is 15.4 Å². The summed E-state index contributed by atoms with van der Waals surface area (Å²) in [6, 6.07) is 8.68. The molecular formula is C17H16FN3O3. The van der Waals surface area contributed by atoms with Gasteiger partial charge in [-0.05, 0) is 36.4 Å². The Hall–Kier alpha value is -2.80. The predicted octanol–water partition coefficient (Wildman–Crippen LogP) is 1.53. The lowest BCUT2D eigenvalue weighted by Crippen LogP contribution is -2.42. The molecule has 0 unspecified atom stereocenters. The molecule has 3 rings (SSSR count). The maximum absolute atomic E-state index is 13.0. The lowest BCUT2D eigenvalue weighted by molar-refractivity contribution is -0.0247. The fraction of sp³-hybridized carbons (Fsp3) is 0.235. The van der Waals surface area contributed by atoms with Gasteiger partial charge in [0, 0.05) is 18.3 Å². The maximum atomic E-state index is 13.0. The van der Waals surface area contributed by atoms with E-state index in [2.05, 4.69) is 4.98 Å². The van der Waals surface area contributed by atoms with Gasteiger partial charge in [-0.1, -0.05) is 0 Å². The van der Waals surface area contributed by atoms with Gasteiger partial charge >= 0.3 is 0 Å². The highest BCUT2D eigenvalue weighted by Gasteiger charge is 2.27. The van der Waals surface area contributed by atoms with Crippen molar-refractivity contribution in [2.24, 2.45) is 5.73 Å². The first-order valence-corrected chi connectivity index (χ1v) is 7.47. The fourth-order valence-electron chi connectivity index (χ4n) is 2.53. The molecule has 2 aromatic rings. The summed E-state index contributed by atoms with van der Waals surface area (Å²) < 4.78 is 18.6. The quantitative estimate of drug-likeness (QED) is 0.925. The predicted molar refractivity (Wildman–Crippen MR) is 83.8 cm³/mol. The molecule has 2 N–H and O–H groups in total.